The zero-order valence-corrected chi connectivity index (χ0v) is 16.5. The Balaban J connectivity index is 1.79. The van der Waals surface area contributed by atoms with Crippen LogP contribution in [0.2, 0.25) is 0 Å². The van der Waals surface area contributed by atoms with Crippen molar-refractivity contribution in [2.75, 3.05) is 20.3 Å². The Labute approximate surface area is 177 Å². The second-order valence-electron chi connectivity index (χ2n) is 7.13. The van der Waals surface area contributed by atoms with E-state index in [4.69, 9.17) is 23.7 Å². The van der Waals surface area contributed by atoms with Gasteiger partial charge in [0.05, 0.1) is 20.3 Å². The van der Waals surface area contributed by atoms with Crippen LogP contribution < -0.4 is 9.47 Å². The van der Waals surface area contributed by atoms with Crippen molar-refractivity contribution < 1.29 is 59.4 Å². The summed E-state index contributed by atoms with van der Waals surface area (Å²) in [5, 5.41) is 70.0. The zero-order chi connectivity index (χ0) is 22.7. The number of rotatable bonds is 7. The van der Waals surface area contributed by atoms with Gasteiger partial charge in [-0.15, -0.1) is 0 Å². The van der Waals surface area contributed by atoms with Crippen LogP contribution in [0.4, 0.5) is 0 Å². The molecule has 7 N–H and O–H groups in total. The van der Waals surface area contributed by atoms with Crippen LogP contribution in [0.15, 0.2) is 18.3 Å². The molecule has 0 aliphatic carbocycles. The van der Waals surface area contributed by atoms with Crippen LogP contribution in [0.1, 0.15) is 0 Å². The van der Waals surface area contributed by atoms with E-state index in [9.17, 15) is 35.7 Å². The van der Waals surface area contributed by atoms with Crippen molar-refractivity contribution in [1.29, 1.82) is 0 Å². The predicted molar refractivity (Wildman–Crippen MR) is 97.8 cm³/mol. The molecule has 0 bridgehead atoms. The molecule has 2 aliphatic rings. The number of hydrogen-bond acceptors (Lipinski definition) is 13. The van der Waals surface area contributed by atoms with E-state index < -0.39 is 74.6 Å². The molecule has 2 saturated heterocycles. The van der Waals surface area contributed by atoms with Gasteiger partial charge in [0, 0.05) is 6.20 Å². The molecule has 1 aromatic rings. The van der Waals surface area contributed by atoms with Crippen molar-refractivity contribution in [3.63, 3.8) is 0 Å². The second kappa shape index (κ2) is 10.3. The lowest BCUT2D eigenvalue weighted by atomic mass is 9.97. The number of methoxy groups -OCH3 is 1. The van der Waals surface area contributed by atoms with Crippen molar-refractivity contribution in [1.82, 2.24) is 4.98 Å². The summed E-state index contributed by atoms with van der Waals surface area (Å²) in [5.41, 5.74) is 0. The van der Waals surface area contributed by atoms with E-state index in [0.29, 0.717) is 0 Å². The molecule has 10 atom stereocenters. The summed E-state index contributed by atoms with van der Waals surface area (Å²) < 4.78 is 26.8. The van der Waals surface area contributed by atoms with Crippen LogP contribution in [0.3, 0.4) is 0 Å². The maximum absolute atomic E-state index is 10.7. The third kappa shape index (κ3) is 4.90. The van der Waals surface area contributed by atoms with Crippen LogP contribution in [0.25, 0.3) is 0 Å². The lowest BCUT2D eigenvalue weighted by molar-refractivity contribution is -0.353. The highest BCUT2D eigenvalue weighted by Crippen LogP contribution is 2.32. The van der Waals surface area contributed by atoms with Gasteiger partial charge < -0.3 is 59.4 Å². The standard InChI is InChI=1S/C18H27NO12/c1-27-7-3-2-4-19-16(7)31-18-14(26)15(11(23)9(6-21)29-18)30-17-13(25)12(24)10(22)8(5-20)28-17/h2-4,8-15,17-18,20-26H,5-6H2,1H3/t8-,9-,10+,11+,12+,13-,14-,15+,17-,18+/m1/s1. The first-order chi connectivity index (χ1) is 14.8. The number of pyridine rings is 1. The predicted octanol–water partition coefficient (Wildman–Crippen LogP) is -3.91. The van der Waals surface area contributed by atoms with Gasteiger partial charge in [-0.1, -0.05) is 0 Å². The largest absolute Gasteiger partial charge is 0.491 e. The highest BCUT2D eigenvalue weighted by molar-refractivity contribution is 5.32. The van der Waals surface area contributed by atoms with E-state index in [1.54, 1.807) is 12.1 Å². The van der Waals surface area contributed by atoms with Crippen LogP contribution >= 0.6 is 0 Å². The average molecular weight is 449 g/mol. The normalized spacial score (nSPS) is 41.0. The van der Waals surface area contributed by atoms with Crippen molar-refractivity contribution >= 4 is 0 Å². The van der Waals surface area contributed by atoms with Gasteiger partial charge in [-0.3, -0.25) is 0 Å². The molecule has 13 nitrogen and oxygen atoms in total. The molecule has 13 heteroatoms. The number of hydrogen-bond donors (Lipinski definition) is 7. The van der Waals surface area contributed by atoms with Gasteiger partial charge in [0.25, 0.3) is 5.88 Å². The second-order valence-corrected chi connectivity index (χ2v) is 7.13. The molecule has 0 aromatic carbocycles. The monoisotopic (exact) mass is 449 g/mol. The first kappa shape index (κ1) is 24.0. The molecule has 0 unspecified atom stereocenters. The quantitative estimate of drug-likeness (QED) is 0.213. The minimum Gasteiger partial charge on any atom is -0.491 e. The maximum Gasteiger partial charge on any atom is 0.259 e. The number of aromatic nitrogens is 1. The number of ether oxygens (including phenoxy) is 5. The van der Waals surface area contributed by atoms with Gasteiger partial charge in [-0.05, 0) is 12.1 Å². The first-order valence-electron chi connectivity index (χ1n) is 9.56. The molecule has 0 saturated carbocycles. The highest BCUT2D eigenvalue weighted by atomic mass is 16.7. The molecule has 31 heavy (non-hydrogen) atoms. The van der Waals surface area contributed by atoms with Gasteiger partial charge in [0.1, 0.15) is 48.8 Å². The molecule has 2 aliphatic heterocycles. The van der Waals surface area contributed by atoms with E-state index in [0.717, 1.165) is 0 Å². The topological polar surface area (TPSA) is 201 Å². The van der Waals surface area contributed by atoms with Gasteiger partial charge in [0.2, 0.25) is 6.29 Å². The summed E-state index contributed by atoms with van der Waals surface area (Å²) in [6.07, 6.45) is -14.1. The number of aliphatic hydroxyl groups is 7. The molecule has 0 amide bonds. The van der Waals surface area contributed by atoms with E-state index in [2.05, 4.69) is 4.98 Å². The van der Waals surface area contributed by atoms with Crippen molar-refractivity contribution in [2.24, 2.45) is 0 Å². The summed E-state index contributed by atoms with van der Waals surface area (Å²) in [4.78, 5) is 3.98. The van der Waals surface area contributed by atoms with E-state index in [1.807, 2.05) is 0 Å². The Kier molecular flexibility index (Phi) is 7.98. The molecule has 3 heterocycles. The van der Waals surface area contributed by atoms with Gasteiger partial charge in [-0.2, -0.15) is 0 Å². The highest BCUT2D eigenvalue weighted by Gasteiger charge is 2.51. The summed E-state index contributed by atoms with van der Waals surface area (Å²) >= 11 is 0. The summed E-state index contributed by atoms with van der Waals surface area (Å²) in [6, 6.07) is 3.15. The third-order valence-corrected chi connectivity index (χ3v) is 5.15. The summed E-state index contributed by atoms with van der Waals surface area (Å²) in [5.74, 6) is 0.199. The summed E-state index contributed by atoms with van der Waals surface area (Å²) in [7, 11) is 1.38. The molecule has 1 aromatic heterocycles. The lowest BCUT2D eigenvalue weighted by Crippen LogP contribution is -2.65. The Hall–Kier alpha value is -1.65. The maximum atomic E-state index is 10.7. The SMILES string of the molecule is COc1cccnc1O[C@@H]1O[C@H](CO)[C@H](O)[C@H](O[C@H]2O[C@H](CO)[C@H](O)[C@H](O)[C@H]2O)[C@H]1O. The summed E-state index contributed by atoms with van der Waals surface area (Å²) in [6.45, 7) is -1.35. The molecule has 3 rings (SSSR count). The molecule has 2 fully saturated rings. The molecular weight excluding hydrogens is 422 g/mol. The Morgan fingerprint density at radius 3 is 2.16 bits per heavy atom. The van der Waals surface area contributed by atoms with Crippen LogP contribution in [-0.2, 0) is 14.2 Å². The number of nitrogens with zero attached hydrogens (tertiary/aromatic N) is 1. The van der Waals surface area contributed by atoms with Crippen LogP contribution in [-0.4, -0.2) is 122 Å². The molecular formula is C18H27NO12. The van der Waals surface area contributed by atoms with E-state index >= 15 is 0 Å². The zero-order valence-electron chi connectivity index (χ0n) is 16.5. The van der Waals surface area contributed by atoms with Crippen LogP contribution in [0, 0.1) is 0 Å². The van der Waals surface area contributed by atoms with Gasteiger partial charge >= 0.3 is 0 Å². The Morgan fingerprint density at radius 1 is 0.871 bits per heavy atom. The first-order valence-corrected chi connectivity index (χ1v) is 9.56. The van der Waals surface area contributed by atoms with Gasteiger partial charge in [-0.25, -0.2) is 4.98 Å². The third-order valence-electron chi connectivity index (χ3n) is 5.15. The fraction of sp³-hybridized carbons (Fsp3) is 0.722. The van der Waals surface area contributed by atoms with Crippen LogP contribution in [0.5, 0.6) is 11.6 Å². The Morgan fingerprint density at radius 2 is 1.52 bits per heavy atom. The molecule has 176 valence electrons. The average Bonchev–Trinajstić information content (AvgIpc) is 2.78. The minimum absolute atomic E-state index is 0.0336. The lowest BCUT2D eigenvalue weighted by Gasteiger charge is -2.45. The smallest absolute Gasteiger partial charge is 0.259 e. The van der Waals surface area contributed by atoms with E-state index in [1.165, 1.54) is 13.3 Å². The van der Waals surface area contributed by atoms with Crippen molar-refractivity contribution in [3.8, 4) is 11.6 Å². The minimum atomic E-state index is -1.76. The van der Waals surface area contributed by atoms with Crippen molar-refractivity contribution in [2.45, 2.75) is 61.4 Å². The fourth-order valence-corrected chi connectivity index (χ4v) is 3.38. The van der Waals surface area contributed by atoms with Gasteiger partial charge in [0.15, 0.2) is 12.0 Å². The van der Waals surface area contributed by atoms with Crippen molar-refractivity contribution in [3.05, 3.63) is 18.3 Å². The molecule has 0 spiro atoms. The molecule has 0 radical (unpaired) electrons. The van der Waals surface area contributed by atoms with E-state index in [-0.39, 0.29) is 11.6 Å². The Bertz CT molecular complexity index is 708. The fourth-order valence-electron chi connectivity index (χ4n) is 3.38. The number of aliphatic hydroxyl groups excluding tert-OH is 7.